The summed E-state index contributed by atoms with van der Waals surface area (Å²) in [6.45, 7) is 5.45. The molecule has 0 radical (unpaired) electrons. The Kier molecular flexibility index (Phi) is 2.49. The molecule has 0 spiro atoms. The van der Waals surface area contributed by atoms with Crippen LogP contribution in [0.4, 0.5) is 0 Å². The highest BCUT2D eigenvalue weighted by molar-refractivity contribution is 5.74. The van der Waals surface area contributed by atoms with Gasteiger partial charge in [0, 0.05) is 26.1 Å². The highest BCUT2D eigenvalue weighted by Crippen LogP contribution is 2.19. The SMILES string of the molecule is CC(=O)N1CC(CC(C)N)C1. The minimum Gasteiger partial charge on any atom is -0.342 e. The van der Waals surface area contributed by atoms with E-state index >= 15 is 0 Å². The molecule has 1 amide bonds. The summed E-state index contributed by atoms with van der Waals surface area (Å²) in [6, 6.07) is 0.272. The average molecular weight is 156 g/mol. The molecule has 1 rings (SSSR count). The van der Waals surface area contributed by atoms with Gasteiger partial charge in [0.25, 0.3) is 0 Å². The molecule has 0 bridgehead atoms. The van der Waals surface area contributed by atoms with Crippen LogP contribution in [-0.4, -0.2) is 29.9 Å². The van der Waals surface area contributed by atoms with E-state index < -0.39 is 0 Å². The van der Waals surface area contributed by atoms with Gasteiger partial charge in [0.2, 0.25) is 5.91 Å². The number of hydrogen-bond donors (Lipinski definition) is 1. The molecule has 1 unspecified atom stereocenters. The average Bonchev–Trinajstić information content (AvgIpc) is 1.75. The Labute approximate surface area is 67.5 Å². The van der Waals surface area contributed by atoms with Crippen LogP contribution in [0.2, 0.25) is 0 Å². The zero-order chi connectivity index (χ0) is 8.43. The summed E-state index contributed by atoms with van der Waals surface area (Å²) < 4.78 is 0. The Hall–Kier alpha value is -0.570. The maximum Gasteiger partial charge on any atom is 0.219 e. The van der Waals surface area contributed by atoms with Crippen molar-refractivity contribution in [2.24, 2.45) is 11.7 Å². The van der Waals surface area contributed by atoms with Crippen LogP contribution in [0.25, 0.3) is 0 Å². The second-order valence-electron chi connectivity index (χ2n) is 3.50. The molecule has 3 heteroatoms. The third kappa shape index (κ3) is 2.19. The maximum absolute atomic E-state index is 10.8. The van der Waals surface area contributed by atoms with Gasteiger partial charge in [-0.3, -0.25) is 4.79 Å². The summed E-state index contributed by atoms with van der Waals surface area (Å²) in [7, 11) is 0. The molecule has 1 aliphatic rings. The lowest BCUT2D eigenvalue weighted by atomic mass is 9.93. The molecule has 0 aromatic heterocycles. The van der Waals surface area contributed by atoms with Crippen LogP contribution in [0, 0.1) is 5.92 Å². The van der Waals surface area contributed by atoms with Crippen LogP contribution in [0.15, 0.2) is 0 Å². The molecule has 0 aromatic rings. The van der Waals surface area contributed by atoms with Crippen molar-refractivity contribution in [3.63, 3.8) is 0 Å². The fourth-order valence-corrected chi connectivity index (χ4v) is 1.50. The number of nitrogens with zero attached hydrogens (tertiary/aromatic N) is 1. The molecule has 1 atom stereocenters. The Morgan fingerprint density at radius 1 is 1.73 bits per heavy atom. The van der Waals surface area contributed by atoms with E-state index in [1.807, 2.05) is 11.8 Å². The number of carbonyl (C=O) groups excluding carboxylic acids is 1. The third-order valence-corrected chi connectivity index (χ3v) is 2.11. The maximum atomic E-state index is 10.8. The van der Waals surface area contributed by atoms with E-state index in [0.29, 0.717) is 5.92 Å². The van der Waals surface area contributed by atoms with Crippen LogP contribution < -0.4 is 5.73 Å². The van der Waals surface area contributed by atoms with Crippen LogP contribution in [0.5, 0.6) is 0 Å². The summed E-state index contributed by atoms with van der Waals surface area (Å²) in [6.07, 6.45) is 1.05. The van der Waals surface area contributed by atoms with Gasteiger partial charge in [-0.2, -0.15) is 0 Å². The molecule has 3 nitrogen and oxygen atoms in total. The topological polar surface area (TPSA) is 46.3 Å². The number of carbonyl (C=O) groups is 1. The normalized spacial score (nSPS) is 21.2. The number of hydrogen-bond acceptors (Lipinski definition) is 2. The minimum atomic E-state index is 0.186. The van der Waals surface area contributed by atoms with Gasteiger partial charge in [0.05, 0.1) is 0 Å². The van der Waals surface area contributed by atoms with Crippen molar-refractivity contribution in [1.82, 2.24) is 4.90 Å². The molecular formula is C8H16N2O. The van der Waals surface area contributed by atoms with E-state index in [0.717, 1.165) is 19.5 Å². The fourth-order valence-electron chi connectivity index (χ4n) is 1.50. The van der Waals surface area contributed by atoms with Crippen LogP contribution in [0.3, 0.4) is 0 Å². The first-order valence-corrected chi connectivity index (χ1v) is 4.10. The highest BCUT2D eigenvalue weighted by Gasteiger charge is 2.28. The summed E-state index contributed by atoms with van der Waals surface area (Å²) in [4.78, 5) is 12.6. The van der Waals surface area contributed by atoms with Crippen molar-refractivity contribution in [1.29, 1.82) is 0 Å². The molecule has 0 saturated carbocycles. The van der Waals surface area contributed by atoms with Crippen molar-refractivity contribution in [2.45, 2.75) is 26.3 Å². The van der Waals surface area contributed by atoms with E-state index in [1.165, 1.54) is 0 Å². The van der Waals surface area contributed by atoms with Gasteiger partial charge in [-0.25, -0.2) is 0 Å². The molecule has 2 N–H and O–H groups in total. The Morgan fingerprint density at radius 3 is 2.64 bits per heavy atom. The summed E-state index contributed by atoms with van der Waals surface area (Å²) in [5.74, 6) is 0.838. The first kappa shape index (κ1) is 8.53. The molecule has 0 aliphatic carbocycles. The predicted molar refractivity (Wildman–Crippen MR) is 44.0 cm³/mol. The molecule has 1 aliphatic heterocycles. The van der Waals surface area contributed by atoms with Gasteiger partial charge >= 0.3 is 0 Å². The molecule has 1 saturated heterocycles. The van der Waals surface area contributed by atoms with Crippen LogP contribution in [0.1, 0.15) is 20.3 Å². The van der Waals surface area contributed by atoms with Crippen LogP contribution in [-0.2, 0) is 4.79 Å². The van der Waals surface area contributed by atoms with Gasteiger partial charge in [0.1, 0.15) is 0 Å². The number of nitrogens with two attached hydrogens (primary N) is 1. The third-order valence-electron chi connectivity index (χ3n) is 2.11. The standard InChI is InChI=1S/C8H16N2O/c1-6(9)3-8-4-10(5-8)7(2)11/h6,8H,3-5,9H2,1-2H3. The predicted octanol–water partition coefficient (Wildman–Crippen LogP) is 0.202. The summed E-state index contributed by atoms with van der Waals surface area (Å²) in [5, 5.41) is 0. The molecule has 64 valence electrons. The van der Waals surface area contributed by atoms with Gasteiger partial charge in [-0.1, -0.05) is 0 Å². The first-order valence-electron chi connectivity index (χ1n) is 4.10. The lowest BCUT2D eigenvalue weighted by Gasteiger charge is -2.39. The van der Waals surface area contributed by atoms with Gasteiger partial charge in [0.15, 0.2) is 0 Å². The number of rotatable bonds is 2. The quantitative estimate of drug-likeness (QED) is 0.621. The smallest absolute Gasteiger partial charge is 0.219 e. The van der Waals surface area contributed by atoms with Crippen molar-refractivity contribution in [2.75, 3.05) is 13.1 Å². The molecule has 0 aromatic carbocycles. The zero-order valence-electron chi connectivity index (χ0n) is 7.21. The zero-order valence-corrected chi connectivity index (χ0v) is 7.21. The lowest BCUT2D eigenvalue weighted by molar-refractivity contribution is -0.135. The lowest BCUT2D eigenvalue weighted by Crippen LogP contribution is -2.50. The van der Waals surface area contributed by atoms with Crippen LogP contribution >= 0.6 is 0 Å². The first-order chi connectivity index (χ1) is 5.09. The highest BCUT2D eigenvalue weighted by atomic mass is 16.2. The van der Waals surface area contributed by atoms with E-state index in [-0.39, 0.29) is 11.9 Å². The van der Waals surface area contributed by atoms with Crippen molar-refractivity contribution < 1.29 is 4.79 Å². The molecule has 1 fully saturated rings. The Morgan fingerprint density at radius 2 is 2.27 bits per heavy atom. The Bertz CT molecular complexity index is 150. The largest absolute Gasteiger partial charge is 0.342 e. The molecule has 1 heterocycles. The van der Waals surface area contributed by atoms with Crippen molar-refractivity contribution >= 4 is 5.91 Å². The Balaban J connectivity index is 2.14. The van der Waals surface area contributed by atoms with E-state index in [1.54, 1.807) is 6.92 Å². The van der Waals surface area contributed by atoms with Gasteiger partial charge in [-0.15, -0.1) is 0 Å². The van der Waals surface area contributed by atoms with Crippen molar-refractivity contribution in [3.05, 3.63) is 0 Å². The second kappa shape index (κ2) is 3.22. The summed E-state index contributed by atoms with van der Waals surface area (Å²) >= 11 is 0. The second-order valence-corrected chi connectivity index (χ2v) is 3.50. The van der Waals surface area contributed by atoms with Gasteiger partial charge < -0.3 is 10.6 Å². The number of amides is 1. The monoisotopic (exact) mass is 156 g/mol. The van der Waals surface area contributed by atoms with E-state index in [9.17, 15) is 4.79 Å². The number of likely N-dealkylation sites (tertiary alicyclic amines) is 1. The van der Waals surface area contributed by atoms with Gasteiger partial charge in [-0.05, 0) is 19.3 Å². The van der Waals surface area contributed by atoms with E-state index in [4.69, 9.17) is 5.73 Å². The van der Waals surface area contributed by atoms with E-state index in [2.05, 4.69) is 0 Å². The fraction of sp³-hybridized carbons (Fsp3) is 0.875. The minimum absolute atomic E-state index is 0.186. The molecule has 11 heavy (non-hydrogen) atoms. The van der Waals surface area contributed by atoms with Crippen molar-refractivity contribution in [3.8, 4) is 0 Å². The summed E-state index contributed by atoms with van der Waals surface area (Å²) in [5.41, 5.74) is 5.62. The molecular weight excluding hydrogens is 140 g/mol.